The van der Waals surface area contributed by atoms with Crippen LogP contribution in [0.2, 0.25) is 5.02 Å². The molecule has 0 aliphatic carbocycles. The van der Waals surface area contributed by atoms with Gasteiger partial charge in [0.2, 0.25) is 5.91 Å². The molecule has 2 nitrogen and oxygen atoms in total. The fraction of sp³-hybridized carbons (Fsp3) is 0.533. The van der Waals surface area contributed by atoms with Gasteiger partial charge in [-0.3, -0.25) is 4.79 Å². The molecule has 1 rings (SSSR count). The molecule has 0 aromatic heterocycles. The summed E-state index contributed by atoms with van der Waals surface area (Å²) in [5.74, 6) is 0.387. The molecule has 106 valence electrons. The number of carbonyl (C=O) groups excluding carboxylic acids is 1. The van der Waals surface area contributed by atoms with Crippen molar-refractivity contribution in [3.05, 3.63) is 27.7 Å². The fourth-order valence-corrected chi connectivity index (χ4v) is 2.75. The summed E-state index contributed by atoms with van der Waals surface area (Å²) in [7, 11) is 0. The van der Waals surface area contributed by atoms with Crippen LogP contribution in [0.15, 0.2) is 22.7 Å². The third-order valence-electron chi connectivity index (χ3n) is 2.70. The lowest BCUT2D eigenvalue weighted by Gasteiger charge is -2.22. The number of rotatable bonds is 4. The van der Waals surface area contributed by atoms with Crippen LogP contribution >= 0.6 is 27.5 Å². The first-order valence-corrected chi connectivity index (χ1v) is 7.59. The standard InChI is InChI=1S/C15H21BrClNO/c1-10(9-15(2,3)4)7-14(19)18-13-8-11(17)5-6-12(13)16/h5-6,8,10H,7,9H2,1-4H3,(H,18,19). The zero-order chi connectivity index (χ0) is 14.6. The Morgan fingerprint density at radius 3 is 2.63 bits per heavy atom. The maximum absolute atomic E-state index is 12.0. The highest BCUT2D eigenvalue weighted by atomic mass is 79.9. The maximum Gasteiger partial charge on any atom is 0.224 e. The van der Waals surface area contributed by atoms with E-state index in [0.717, 1.165) is 16.6 Å². The Balaban J connectivity index is 2.58. The summed E-state index contributed by atoms with van der Waals surface area (Å²) in [6.07, 6.45) is 1.55. The first-order chi connectivity index (χ1) is 8.67. The summed E-state index contributed by atoms with van der Waals surface area (Å²) in [5.41, 5.74) is 0.969. The van der Waals surface area contributed by atoms with Gasteiger partial charge in [-0.05, 0) is 51.9 Å². The molecule has 1 amide bonds. The average Bonchev–Trinajstić information content (AvgIpc) is 2.20. The lowest BCUT2D eigenvalue weighted by atomic mass is 9.84. The molecule has 0 saturated heterocycles. The van der Waals surface area contributed by atoms with Crippen LogP contribution in [0.5, 0.6) is 0 Å². The van der Waals surface area contributed by atoms with Gasteiger partial charge in [0.15, 0.2) is 0 Å². The molecular weight excluding hydrogens is 326 g/mol. The van der Waals surface area contributed by atoms with Gasteiger partial charge in [-0.1, -0.05) is 39.3 Å². The normalized spacial score (nSPS) is 13.2. The Morgan fingerprint density at radius 2 is 2.05 bits per heavy atom. The van der Waals surface area contributed by atoms with Gasteiger partial charge < -0.3 is 5.32 Å². The van der Waals surface area contributed by atoms with E-state index >= 15 is 0 Å². The van der Waals surface area contributed by atoms with E-state index in [1.807, 2.05) is 6.07 Å². The van der Waals surface area contributed by atoms with Crippen molar-refractivity contribution in [2.45, 2.75) is 40.5 Å². The van der Waals surface area contributed by atoms with Gasteiger partial charge in [-0.2, -0.15) is 0 Å². The van der Waals surface area contributed by atoms with Crippen LogP contribution in [0.25, 0.3) is 0 Å². The van der Waals surface area contributed by atoms with Gasteiger partial charge >= 0.3 is 0 Å². The first-order valence-electron chi connectivity index (χ1n) is 6.42. The van der Waals surface area contributed by atoms with E-state index in [0.29, 0.717) is 17.4 Å². The summed E-state index contributed by atoms with van der Waals surface area (Å²) < 4.78 is 0.841. The lowest BCUT2D eigenvalue weighted by Crippen LogP contribution is -2.19. The molecule has 1 atom stereocenters. The summed E-state index contributed by atoms with van der Waals surface area (Å²) in [4.78, 5) is 12.0. The molecule has 0 saturated carbocycles. The number of hydrogen-bond acceptors (Lipinski definition) is 1. The molecule has 1 aromatic rings. The second-order valence-corrected chi connectivity index (χ2v) is 7.54. The summed E-state index contributed by atoms with van der Waals surface area (Å²) in [6, 6.07) is 5.36. The Morgan fingerprint density at radius 1 is 1.42 bits per heavy atom. The van der Waals surface area contributed by atoms with Crippen LogP contribution in [-0.2, 0) is 4.79 Å². The fourth-order valence-electron chi connectivity index (χ4n) is 2.23. The second-order valence-electron chi connectivity index (χ2n) is 6.25. The van der Waals surface area contributed by atoms with Crippen molar-refractivity contribution in [1.82, 2.24) is 0 Å². The molecule has 0 fully saturated rings. The van der Waals surface area contributed by atoms with Gasteiger partial charge in [-0.15, -0.1) is 0 Å². The topological polar surface area (TPSA) is 29.1 Å². The third kappa shape index (κ3) is 6.44. The number of benzene rings is 1. The number of anilines is 1. The monoisotopic (exact) mass is 345 g/mol. The summed E-state index contributed by atoms with van der Waals surface area (Å²) in [6.45, 7) is 8.68. The number of nitrogens with one attached hydrogen (secondary N) is 1. The maximum atomic E-state index is 12.0. The van der Waals surface area contributed by atoms with E-state index in [2.05, 4.69) is 48.9 Å². The summed E-state index contributed by atoms with van der Waals surface area (Å²) >= 11 is 9.32. The minimum Gasteiger partial charge on any atom is -0.325 e. The molecular formula is C15H21BrClNO. The van der Waals surface area contributed by atoms with Crippen molar-refractivity contribution >= 4 is 39.1 Å². The zero-order valence-corrected chi connectivity index (χ0v) is 14.2. The Labute approximate surface area is 129 Å². The van der Waals surface area contributed by atoms with Gasteiger partial charge in [0.05, 0.1) is 5.69 Å². The predicted molar refractivity (Wildman–Crippen MR) is 85.6 cm³/mol. The number of hydrogen-bond donors (Lipinski definition) is 1. The SMILES string of the molecule is CC(CC(=O)Nc1cc(Cl)ccc1Br)CC(C)(C)C. The Hall–Kier alpha value is -0.540. The number of halogens is 2. The highest BCUT2D eigenvalue weighted by Gasteiger charge is 2.18. The predicted octanol–water partition coefficient (Wildman–Crippen LogP) is 5.50. The molecule has 0 bridgehead atoms. The van der Waals surface area contributed by atoms with E-state index in [-0.39, 0.29) is 11.3 Å². The van der Waals surface area contributed by atoms with E-state index in [1.54, 1.807) is 12.1 Å². The van der Waals surface area contributed by atoms with Crippen LogP contribution in [0, 0.1) is 11.3 Å². The van der Waals surface area contributed by atoms with E-state index in [4.69, 9.17) is 11.6 Å². The molecule has 0 heterocycles. The van der Waals surface area contributed by atoms with Crippen LogP contribution in [0.1, 0.15) is 40.5 Å². The minimum absolute atomic E-state index is 0.0275. The molecule has 0 radical (unpaired) electrons. The third-order valence-corrected chi connectivity index (χ3v) is 3.62. The molecule has 1 unspecified atom stereocenters. The van der Waals surface area contributed by atoms with Crippen molar-refractivity contribution in [2.24, 2.45) is 11.3 Å². The molecule has 0 spiro atoms. The van der Waals surface area contributed by atoms with E-state index in [1.165, 1.54) is 0 Å². The smallest absolute Gasteiger partial charge is 0.224 e. The quantitative estimate of drug-likeness (QED) is 0.766. The highest BCUT2D eigenvalue weighted by Crippen LogP contribution is 2.28. The molecule has 0 aliphatic heterocycles. The van der Waals surface area contributed by atoms with E-state index in [9.17, 15) is 4.79 Å². The average molecular weight is 347 g/mol. The van der Waals surface area contributed by atoms with Crippen molar-refractivity contribution < 1.29 is 4.79 Å². The van der Waals surface area contributed by atoms with Crippen molar-refractivity contribution in [1.29, 1.82) is 0 Å². The lowest BCUT2D eigenvalue weighted by molar-refractivity contribution is -0.117. The van der Waals surface area contributed by atoms with Crippen molar-refractivity contribution in [3.8, 4) is 0 Å². The Kier molecular flexibility index (Phi) is 5.87. The van der Waals surface area contributed by atoms with Gasteiger partial charge in [0.25, 0.3) is 0 Å². The molecule has 1 aromatic carbocycles. The molecule has 1 N–H and O–H groups in total. The molecule has 0 aliphatic rings. The highest BCUT2D eigenvalue weighted by molar-refractivity contribution is 9.10. The molecule has 19 heavy (non-hydrogen) atoms. The van der Waals surface area contributed by atoms with Crippen LogP contribution in [0.4, 0.5) is 5.69 Å². The molecule has 4 heteroatoms. The summed E-state index contributed by atoms with van der Waals surface area (Å²) in [5, 5.41) is 3.51. The van der Waals surface area contributed by atoms with E-state index < -0.39 is 0 Å². The van der Waals surface area contributed by atoms with Crippen molar-refractivity contribution in [2.75, 3.05) is 5.32 Å². The second kappa shape index (κ2) is 6.76. The number of carbonyl (C=O) groups is 1. The zero-order valence-electron chi connectivity index (χ0n) is 11.9. The first kappa shape index (κ1) is 16.5. The van der Waals surface area contributed by atoms with Gasteiger partial charge in [0.1, 0.15) is 0 Å². The minimum atomic E-state index is 0.0275. The van der Waals surface area contributed by atoms with Gasteiger partial charge in [-0.25, -0.2) is 0 Å². The van der Waals surface area contributed by atoms with Crippen molar-refractivity contribution in [3.63, 3.8) is 0 Å². The number of amides is 1. The van der Waals surface area contributed by atoms with Gasteiger partial charge in [0, 0.05) is 15.9 Å². The van der Waals surface area contributed by atoms with Crippen LogP contribution < -0.4 is 5.32 Å². The van der Waals surface area contributed by atoms with Crippen LogP contribution in [-0.4, -0.2) is 5.91 Å². The largest absolute Gasteiger partial charge is 0.325 e. The Bertz CT molecular complexity index is 454. The van der Waals surface area contributed by atoms with Crippen LogP contribution in [0.3, 0.4) is 0 Å².